The summed E-state index contributed by atoms with van der Waals surface area (Å²) >= 11 is 0. The third kappa shape index (κ3) is 9.04. The van der Waals surface area contributed by atoms with Crippen LogP contribution in [0.25, 0.3) is 0 Å². The zero-order valence-corrected chi connectivity index (χ0v) is 20.1. The Hall–Kier alpha value is -2.95. The summed E-state index contributed by atoms with van der Waals surface area (Å²) in [4.78, 5) is 4.82. The number of ether oxygens (including phenoxy) is 3. The van der Waals surface area contributed by atoms with Gasteiger partial charge >= 0.3 is 0 Å². The van der Waals surface area contributed by atoms with E-state index in [1.165, 1.54) is 0 Å². The summed E-state index contributed by atoms with van der Waals surface area (Å²) in [6.07, 6.45) is 7.78. The molecule has 0 amide bonds. The SMILES string of the molecule is C/C=C/COc1cc(C)c(OCCCCCOc2cccc(CC(C)=NOC)c2)c(C)c1. The fraction of sp³-hybridized carbons (Fsp3) is 0.444. The number of aryl methyl sites for hydroxylation is 2. The first-order valence-electron chi connectivity index (χ1n) is 11.3. The number of hydrogen-bond donors (Lipinski definition) is 0. The molecule has 0 saturated heterocycles. The predicted octanol–water partition coefficient (Wildman–Crippen LogP) is 6.45. The molecular weight excluding hydrogens is 402 g/mol. The van der Waals surface area contributed by atoms with Gasteiger partial charge in [0.1, 0.15) is 31.0 Å². The lowest BCUT2D eigenvalue weighted by atomic mass is 10.1. The Morgan fingerprint density at radius 2 is 1.62 bits per heavy atom. The number of allylic oxidation sites excluding steroid dienone is 1. The van der Waals surface area contributed by atoms with E-state index in [9.17, 15) is 0 Å². The predicted molar refractivity (Wildman–Crippen MR) is 131 cm³/mol. The van der Waals surface area contributed by atoms with E-state index in [4.69, 9.17) is 19.0 Å². The van der Waals surface area contributed by atoms with Gasteiger partial charge in [-0.25, -0.2) is 0 Å². The second-order valence-corrected chi connectivity index (χ2v) is 7.86. The standard InChI is InChI=1S/C27H37NO4/c1-6-7-14-31-26-17-21(2)27(22(3)18-26)32-16-10-8-9-15-30-25-13-11-12-24(20-25)19-23(4)28-29-5/h6-7,11-13,17-18,20H,8-10,14-16,19H2,1-5H3/b7-6+,28-23?. The first kappa shape index (κ1) is 25.3. The van der Waals surface area contributed by atoms with Gasteiger partial charge in [0.05, 0.1) is 18.9 Å². The Kier molecular flexibility index (Phi) is 11.2. The number of rotatable bonds is 14. The molecule has 2 aromatic rings. The first-order valence-corrected chi connectivity index (χ1v) is 11.3. The molecule has 0 aliphatic rings. The van der Waals surface area contributed by atoms with E-state index < -0.39 is 0 Å². The molecule has 0 heterocycles. The second kappa shape index (κ2) is 14.2. The van der Waals surface area contributed by atoms with Crippen LogP contribution < -0.4 is 14.2 Å². The fourth-order valence-electron chi connectivity index (χ4n) is 3.44. The van der Waals surface area contributed by atoms with E-state index in [1.807, 2.05) is 50.3 Å². The number of nitrogens with zero attached hydrogens (tertiary/aromatic N) is 1. The highest BCUT2D eigenvalue weighted by atomic mass is 16.6. The second-order valence-electron chi connectivity index (χ2n) is 7.86. The molecule has 5 nitrogen and oxygen atoms in total. The molecule has 5 heteroatoms. The van der Waals surface area contributed by atoms with Crippen LogP contribution in [0.4, 0.5) is 0 Å². The van der Waals surface area contributed by atoms with E-state index >= 15 is 0 Å². The topological polar surface area (TPSA) is 49.3 Å². The lowest BCUT2D eigenvalue weighted by Gasteiger charge is -2.14. The van der Waals surface area contributed by atoms with Crippen LogP contribution in [0, 0.1) is 13.8 Å². The summed E-state index contributed by atoms with van der Waals surface area (Å²) in [5, 5.41) is 3.96. The van der Waals surface area contributed by atoms with Gasteiger partial charge in [-0.3, -0.25) is 0 Å². The van der Waals surface area contributed by atoms with Crippen LogP contribution in [0.2, 0.25) is 0 Å². The molecule has 0 atom stereocenters. The van der Waals surface area contributed by atoms with Crippen LogP contribution in [0.15, 0.2) is 53.7 Å². The van der Waals surface area contributed by atoms with Gasteiger partial charge in [0.2, 0.25) is 0 Å². The summed E-state index contributed by atoms with van der Waals surface area (Å²) in [6.45, 7) is 10.1. The van der Waals surface area contributed by atoms with Crippen LogP contribution in [0.1, 0.15) is 49.8 Å². The maximum Gasteiger partial charge on any atom is 0.125 e. The van der Waals surface area contributed by atoms with E-state index in [2.05, 4.69) is 31.1 Å². The van der Waals surface area contributed by atoms with Gasteiger partial charge in [-0.1, -0.05) is 29.4 Å². The van der Waals surface area contributed by atoms with E-state index in [-0.39, 0.29) is 0 Å². The fourth-order valence-corrected chi connectivity index (χ4v) is 3.44. The van der Waals surface area contributed by atoms with Crippen molar-refractivity contribution in [1.82, 2.24) is 0 Å². The normalized spacial score (nSPS) is 11.6. The molecule has 0 bridgehead atoms. The Balaban J connectivity index is 1.68. The maximum absolute atomic E-state index is 6.05. The van der Waals surface area contributed by atoms with Gasteiger partial charge in [-0.05, 0) is 87.9 Å². The summed E-state index contributed by atoms with van der Waals surface area (Å²) < 4.78 is 17.7. The van der Waals surface area contributed by atoms with Crippen molar-refractivity contribution in [2.75, 3.05) is 26.9 Å². The van der Waals surface area contributed by atoms with Crippen LogP contribution in [0.3, 0.4) is 0 Å². The van der Waals surface area contributed by atoms with Crippen molar-refractivity contribution in [3.8, 4) is 17.2 Å². The molecule has 32 heavy (non-hydrogen) atoms. The molecule has 0 saturated carbocycles. The van der Waals surface area contributed by atoms with Gasteiger partial charge in [0.25, 0.3) is 0 Å². The lowest BCUT2D eigenvalue weighted by Crippen LogP contribution is -2.04. The Morgan fingerprint density at radius 1 is 0.906 bits per heavy atom. The highest BCUT2D eigenvalue weighted by Gasteiger charge is 2.07. The summed E-state index contributed by atoms with van der Waals surface area (Å²) in [5.41, 5.74) is 4.31. The molecule has 2 aromatic carbocycles. The van der Waals surface area contributed by atoms with Gasteiger partial charge < -0.3 is 19.0 Å². The molecule has 0 spiro atoms. The Labute approximate surface area is 193 Å². The average Bonchev–Trinajstić information content (AvgIpc) is 2.75. The molecule has 0 aromatic heterocycles. The largest absolute Gasteiger partial charge is 0.494 e. The van der Waals surface area contributed by atoms with Crippen molar-refractivity contribution >= 4 is 5.71 Å². The minimum atomic E-state index is 0.587. The van der Waals surface area contributed by atoms with Gasteiger partial charge in [-0.15, -0.1) is 0 Å². The van der Waals surface area contributed by atoms with Crippen molar-refractivity contribution in [2.45, 2.75) is 53.4 Å². The smallest absolute Gasteiger partial charge is 0.125 e. The quantitative estimate of drug-likeness (QED) is 0.147. The molecular formula is C27H37NO4. The van der Waals surface area contributed by atoms with Crippen molar-refractivity contribution in [3.63, 3.8) is 0 Å². The molecule has 0 aliphatic heterocycles. The molecule has 0 aliphatic carbocycles. The van der Waals surface area contributed by atoms with Crippen LogP contribution >= 0.6 is 0 Å². The van der Waals surface area contributed by atoms with Crippen LogP contribution in [-0.2, 0) is 11.3 Å². The molecule has 0 fully saturated rings. The Morgan fingerprint density at radius 3 is 2.31 bits per heavy atom. The van der Waals surface area contributed by atoms with Crippen molar-refractivity contribution in [3.05, 3.63) is 65.2 Å². The zero-order chi connectivity index (χ0) is 23.2. The lowest BCUT2D eigenvalue weighted by molar-refractivity contribution is 0.212. The van der Waals surface area contributed by atoms with Gasteiger partial charge in [0.15, 0.2) is 0 Å². The molecule has 0 radical (unpaired) electrons. The van der Waals surface area contributed by atoms with E-state index in [1.54, 1.807) is 7.11 Å². The summed E-state index contributed by atoms with van der Waals surface area (Å²) in [5.74, 6) is 2.74. The average molecular weight is 440 g/mol. The van der Waals surface area contributed by atoms with E-state index in [0.29, 0.717) is 19.8 Å². The van der Waals surface area contributed by atoms with E-state index in [0.717, 1.165) is 65.3 Å². The first-order chi connectivity index (χ1) is 15.5. The number of unbranched alkanes of at least 4 members (excludes halogenated alkanes) is 2. The summed E-state index contributed by atoms with van der Waals surface area (Å²) in [6, 6.07) is 12.2. The zero-order valence-electron chi connectivity index (χ0n) is 20.1. The monoisotopic (exact) mass is 439 g/mol. The highest BCUT2D eigenvalue weighted by molar-refractivity contribution is 5.83. The minimum absolute atomic E-state index is 0.587. The van der Waals surface area contributed by atoms with Gasteiger partial charge in [0, 0.05) is 6.42 Å². The maximum atomic E-state index is 6.05. The Bertz CT molecular complexity index is 866. The van der Waals surface area contributed by atoms with Crippen molar-refractivity contribution in [2.24, 2.45) is 5.16 Å². The number of benzene rings is 2. The molecule has 0 unspecified atom stereocenters. The number of oxime groups is 1. The third-order valence-electron chi connectivity index (χ3n) is 4.93. The van der Waals surface area contributed by atoms with Crippen molar-refractivity contribution in [1.29, 1.82) is 0 Å². The highest BCUT2D eigenvalue weighted by Crippen LogP contribution is 2.28. The number of hydrogen-bond acceptors (Lipinski definition) is 5. The molecule has 174 valence electrons. The summed E-state index contributed by atoms with van der Waals surface area (Å²) in [7, 11) is 1.56. The minimum Gasteiger partial charge on any atom is -0.494 e. The van der Waals surface area contributed by atoms with Crippen LogP contribution in [0.5, 0.6) is 17.2 Å². The van der Waals surface area contributed by atoms with Crippen LogP contribution in [-0.4, -0.2) is 32.6 Å². The van der Waals surface area contributed by atoms with Gasteiger partial charge in [-0.2, -0.15) is 0 Å². The third-order valence-corrected chi connectivity index (χ3v) is 4.93. The van der Waals surface area contributed by atoms with Crippen molar-refractivity contribution < 1.29 is 19.0 Å². The molecule has 2 rings (SSSR count). The molecule has 0 N–H and O–H groups in total.